The molecule has 0 amide bonds. The SMILES string of the molecule is O=C(On1c(O)ccc1O)c1ccc(CC2C#CCCCCC2)cc1. The van der Waals surface area contributed by atoms with Crippen molar-refractivity contribution < 1.29 is 19.8 Å². The van der Waals surface area contributed by atoms with Crippen LogP contribution in [-0.4, -0.2) is 20.9 Å². The molecule has 5 nitrogen and oxygen atoms in total. The van der Waals surface area contributed by atoms with Gasteiger partial charge in [0.2, 0.25) is 11.8 Å². The average Bonchev–Trinajstić information content (AvgIpc) is 2.90. The Bertz CT molecular complexity index is 776. The van der Waals surface area contributed by atoms with Gasteiger partial charge in [0, 0.05) is 24.5 Å². The van der Waals surface area contributed by atoms with E-state index in [0.717, 1.165) is 24.8 Å². The van der Waals surface area contributed by atoms with E-state index in [0.29, 0.717) is 16.2 Å². The molecule has 1 aliphatic carbocycles. The third-order valence-corrected chi connectivity index (χ3v) is 4.30. The highest BCUT2D eigenvalue weighted by molar-refractivity contribution is 5.89. The van der Waals surface area contributed by atoms with Crippen LogP contribution in [0.2, 0.25) is 0 Å². The van der Waals surface area contributed by atoms with Crippen LogP contribution in [0.5, 0.6) is 11.8 Å². The largest absolute Gasteiger partial charge is 0.492 e. The first kappa shape index (κ1) is 17.0. The molecule has 0 fully saturated rings. The summed E-state index contributed by atoms with van der Waals surface area (Å²) in [6.07, 6.45) is 6.64. The lowest BCUT2D eigenvalue weighted by molar-refractivity contribution is 0.0381. The van der Waals surface area contributed by atoms with Gasteiger partial charge in [-0.15, -0.1) is 10.7 Å². The summed E-state index contributed by atoms with van der Waals surface area (Å²) in [7, 11) is 0. The van der Waals surface area contributed by atoms with Crippen molar-refractivity contribution >= 4 is 5.97 Å². The quantitative estimate of drug-likeness (QED) is 0.839. The van der Waals surface area contributed by atoms with Gasteiger partial charge in [-0.05, 0) is 37.0 Å². The zero-order valence-electron chi connectivity index (χ0n) is 13.9. The van der Waals surface area contributed by atoms with Gasteiger partial charge < -0.3 is 15.1 Å². The number of hydrogen-bond donors (Lipinski definition) is 2. The van der Waals surface area contributed by atoms with E-state index in [9.17, 15) is 15.0 Å². The molecule has 1 heterocycles. The fourth-order valence-electron chi connectivity index (χ4n) is 2.92. The van der Waals surface area contributed by atoms with Crippen molar-refractivity contribution in [3.8, 4) is 23.6 Å². The van der Waals surface area contributed by atoms with Crippen molar-refractivity contribution in [2.45, 2.75) is 38.5 Å². The smallest absolute Gasteiger partial charge is 0.363 e. The molecule has 0 spiro atoms. The highest BCUT2D eigenvalue weighted by Gasteiger charge is 2.15. The van der Waals surface area contributed by atoms with Gasteiger partial charge in [-0.3, -0.25) is 0 Å². The first-order valence-corrected chi connectivity index (χ1v) is 8.53. The lowest BCUT2D eigenvalue weighted by atomic mass is 9.92. The predicted octanol–water partition coefficient (Wildman–Crippen LogP) is 3.29. The summed E-state index contributed by atoms with van der Waals surface area (Å²) in [6, 6.07) is 9.64. The summed E-state index contributed by atoms with van der Waals surface area (Å²) >= 11 is 0. The van der Waals surface area contributed by atoms with Crippen LogP contribution in [0.1, 0.15) is 48.0 Å². The van der Waals surface area contributed by atoms with Crippen LogP contribution in [0.15, 0.2) is 36.4 Å². The minimum Gasteiger partial charge on any atom is -0.492 e. The standard InChI is InChI=1S/C20H21NO4/c22-18-12-13-19(23)21(18)25-20(24)17-10-8-16(9-11-17)14-15-6-4-2-1-3-5-7-15/h8-13,15,22-23H,1-4,6,14H2. The van der Waals surface area contributed by atoms with Crippen molar-refractivity contribution in [2.75, 3.05) is 0 Å². The molecule has 1 aromatic carbocycles. The normalized spacial score (nSPS) is 17.0. The summed E-state index contributed by atoms with van der Waals surface area (Å²) in [5.74, 6) is 5.63. The molecule has 1 aromatic heterocycles. The molecule has 0 radical (unpaired) electrons. The van der Waals surface area contributed by atoms with Gasteiger partial charge in [0.1, 0.15) is 0 Å². The molecular formula is C20H21NO4. The fraction of sp³-hybridized carbons (Fsp3) is 0.350. The lowest BCUT2D eigenvalue weighted by Crippen LogP contribution is -2.19. The topological polar surface area (TPSA) is 71.7 Å². The molecule has 3 rings (SSSR count). The fourth-order valence-corrected chi connectivity index (χ4v) is 2.92. The second-order valence-electron chi connectivity index (χ2n) is 6.24. The Kier molecular flexibility index (Phi) is 5.30. The number of benzene rings is 1. The maximum absolute atomic E-state index is 12.1. The summed E-state index contributed by atoms with van der Waals surface area (Å²) in [4.78, 5) is 17.1. The molecule has 1 unspecified atom stereocenters. The van der Waals surface area contributed by atoms with E-state index < -0.39 is 5.97 Å². The number of rotatable bonds is 4. The number of aromatic nitrogens is 1. The first-order valence-electron chi connectivity index (χ1n) is 8.53. The van der Waals surface area contributed by atoms with E-state index in [1.165, 1.54) is 31.4 Å². The highest BCUT2D eigenvalue weighted by atomic mass is 16.7. The third kappa shape index (κ3) is 4.36. The van der Waals surface area contributed by atoms with Crippen molar-refractivity contribution in [2.24, 2.45) is 5.92 Å². The summed E-state index contributed by atoms with van der Waals surface area (Å²) in [5.41, 5.74) is 1.48. The van der Waals surface area contributed by atoms with Crippen molar-refractivity contribution in [1.82, 2.24) is 4.73 Å². The second-order valence-corrected chi connectivity index (χ2v) is 6.24. The maximum atomic E-state index is 12.1. The van der Waals surface area contributed by atoms with Crippen LogP contribution < -0.4 is 4.84 Å². The first-order chi connectivity index (χ1) is 12.1. The molecule has 25 heavy (non-hydrogen) atoms. The maximum Gasteiger partial charge on any atom is 0.363 e. The molecule has 0 saturated carbocycles. The lowest BCUT2D eigenvalue weighted by Gasteiger charge is -2.13. The predicted molar refractivity (Wildman–Crippen MR) is 93.2 cm³/mol. The molecule has 5 heteroatoms. The van der Waals surface area contributed by atoms with Gasteiger partial charge in [0.05, 0.1) is 5.56 Å². The molecule has 2 aromatic rings. The average molecular weight is 339 g/mol. The molecule has 0 saturated heterocycles. The summed E-state index contributed by atoms with van der Waals surface area (Å²) in [6.45, 7) is 0. The van der Waals surface area contributed by atoms with E-state index in [4.69, 9.17) is 4.84 Å². The van der Waals surface area contributed by atoms with Crippen molar-refractivity contribution in [1.29, 1.82) is 0 Å². The molecule has 0 bridgehead atoms. The van der Waals surface area contributed by atoms with E-state index in [1.807, 2.05) is 12.1 Å². The minimum absolute atomic E-state index is 0.342. The number of nitrogens with zero attached hydrogens (tertiary/aromatic N) is 1. The molecule has 130 valence electrons. The molecule has 1 aliphatic rings. The Morgan fingerprint density at radius 1 is 1.08 bits per heavy atom. The van der Waals surface area contributed by atoms with Crippen LogP contribution in [0.25, 0.3) is 0 Å². The van der Waals surface area contributed by atoms with Gasteiger partial charge in [0.15, 0.2) is 0 Å². The van der Waals surface area contributed by atoms with Gasteiger partial charge >= 0.3 is 5.97 Å². The van der Waals surface area contributed by atoms with Gasteiger partial charge in [-0.25, -0.2) is 4.79 Å². The Labute approximate surface area is 146 Å². The van der Waals surface area contributed by atoms with E-state index in [1.54, 1.807) is 12.1 Å². The van der Waals surface area contributed by atoms with Crippen LogP contribution in [0, 0.1) is 17.8 Å². The summed E-state index contributed by atoms with van der Waals surface area (Å²) < 4.78 is 0.681. The highest BCUT2D eigenvalue weighted by Crippen LogP contribution is 2.20. The number of carbonyl (C=O) groups is 1. The van der Waals surface area contributed by atoms with Gasteiger partial charge in [-0.1, -0.05) is 30.9 Å². The minimum atomic E-state index is -0.654. The monoisotopic (exact) mass is 339 g/mol. The number of hydrogen-bond acceptors (Lipinski definition) is 4. The van der Waals surface area contributed by atoms with Crippen LogP contribution in [0.4, 0.5) is 0 Å². The Balaban J connectivity index is 1.64. The van der Waals surface area contributed by atoms with Crippen LogP contribution >= 0.6 is 0 Å². The molecule has 1 atom stereocenters. The zero-order valence-corrected chi connectivity index (χ0v) is 13.9. The third-order valence-electron chi connectivity index (χ3n) is 4.30. The molecule has 2 N–H and O–H groups in total. The number of carbonyl (C=O) groups excluding carboxylic acids is 1. The Hall–Kier alpha value is -2.87. The molecule has 0 aliphatic heterocycles. The van der Waals surface area contributed by atoms with Crippen molar-refractivity contribution in [3.63, 3.8) is 0 Å². The Morgan fingerprint density at radius 2 is 1.80 bits per heavy atom. The second kappa shape index (κ2) is 7.80. The van der Waals surface area contributed by atoms with E-state index >= 15 is 0 Å². The van der Waals surface area contributed by atoms with Crippen molar-refractivity contribution in [3.05, 3.63) is 47.5 Å². The summed E-state index contributed by atoms with van der Waals surface area (Å²) in [5, 5.41) is 19.0. The van der Waals surface area contributed by atoms with Gasteiger partial charge in [-0.2, -0.15) is 0 Å². The van der Waals surface area contributed by atoms with Crippen LogP contribution in [0.3, 0.4) is 0 Å². The number of aromatic hydroxyl groups is 2. The molecular weight excluding hydrogens is 318 g/mol. The van der Waals surface area contributed by atoms with E-state index in [-0.39, 0.29) is 11.8 Å². The van der Waals surface area contributed by atoms with E-state index in [2.05, 4.69) is 11.8 Å². The van der Waals surface area contributed by atoms with Crippen LogP contribution in [-0.2, 0) is 6.42 Å². The Morgan fingerprint density at radius 3 is 2.52 bits per heavy atom. The van der Waals surface area contributed by atoms with Gasteiger partial charge in [0.25, 0.3) is 0 Å². The zero-order chi connectivity index (χ0) is 17.6.